The summed E-state index contributed by atoms with van der Waals surface area (Å²) < 4.78 is 1.23. The molecule has 154 valence electrons. The molecule has 0 spiro atoms. The Balaban J connectivity index is 1.60. The molecule has 0 N–H and O–H groups in total. The smallest absolute Gasteiger partial charge is 0.124 e. The van der Waals surface area contributed by atoms with Gasteiger partial charge in [-0.3, -0.25) is 0 Å². The van der Waals surface area contributed by atoms with Crippen LogP contribution in [0.1, 0.15) is 0 Å². The van der Waals surface area contributed by atoms with E-state index in [1.165, 1.54) is 42.8 Å². The Hall–Kier alpha value is -4.08. The van der Waals surface area contributed by atoms with Crippen molar-refractivity contribution in [3.05, 3.63) is 109 Å². The van der Waals surface area contributed by atoms with Gasteiger partial charge in [-0.25, -0.2) is 9.97 Å². The molecule has 0 aliphatic heterocycles. The lowest BCUT2D eigenvalue weighted by molar-refractivity contribution is 1.41. The van der Waals surface area contributed by atoms with Crippen LogP contribution in [0.4, 0.5) is 0 Å². The van der Waals surface area contributed by atoms with Crippen LogP contribution in [0.3, 0.4) is 0 Å². The SMILES string of the molecule is c1ccc(-c2cc(-c3cccc4c3sc3ncccc34)nc3ccc4ccccc4c23)cc1. The van der Waals surface area contributed by atoms with E-state index in [1.807, 2.05) is 12.3 Å². The molecule has 3 aromatic heterocycles. The van der Waals surface area contributed by atoms with Crippen LogP contribution in [0.15, 0.2) is 109 Å². The highest BCUT2D eigenvalue weighted by atomic mass is 32.1. The van der Waals surface area contributed by atoms with Gasteiger partial charge in [-0.15, -0.1) is 11.3 Å². The van der Waals surface area contributed by atoms with Crippen molar-refractivity contribution in [2.24, 2.45) is 0 Å². The summed E-state index contributed by atoms with van der Waals surface area (Å²) in [4.78, 5) is 10.9. The quantitative estimate of drug-likeness (QED) is 0.253. The second-order valence-corrected chi connectivity index (χ2v) is 9.24. The first kappa shape index (κ1) is 18.5. The van der Waals surface area contributed by atoms with Crippen LogP contribution in [-0.2, 0) is 0 Å². The molecule has 0 saturated heterocycles. The van der Waals surface area contributed by atoms with Gasteiger partial charge in [-0.1, -0.05) is 78.9 Å². The van der Waals surface area contributed by atoms with Crippen LogP contribution in [-0.4, -0.2) is 9.97 Å². The first-order valence-corrected chi connectivity index (χ1v) is 11.8. The van der Waals surface area contributed by atoms with Crippen molar-refractivity contribution in [2.75, 3.05) is 0 Å². The second kappa shape index (κ2) is 7.22. The first-order valence-electron chi connectivity index (χ1n) is 11.0. The number of aromatic nitrogens is 2. The van der Waals surface area contributed by atoms with E-state index in [-0.39, 0.29) is 0 Å². The van der Waals surface area contributed by atoms with Crippen molar-refractivity contribution in [3.63, 3.8) is 0 Å². The summed E-state index contributed by atoms with van der Waals surface area (Å²) in [5.41, 5.74) is 5.58. The molecule has 0 saturated carbocycles. The van der Waals surface area contributed by atoms with Gasteiger partial charge in [0.15, 0.2) is 0 Å². The van der Waals surface area contributed by atoms with E-state index in [1.54, 1.807) is 11.3 Å². The van der Waals surface area contributed by atoms with Gasteiger partial charge in [0.2, 0.25) is 0 Å². The molecule has 2 nitrogen and oxygen atoms in total. The van der Waals surface area contributed by atoms with Crippen LogP contribution < -0.4 is 0 Å². The minimum absolute atomic E-state index is 0.994. The molecule has 0 fully saturated rings. The fourth-order valence-corrected chi connectivity index (χ4v) is 5.99. The second-order valence-electron chi connectivity index (χ2n) is 8.24. The normalized spacial score (nSPS) is 11.6. The summed E-state index contributed by atoms with van der Waals surface area (Å²) in [5.74, 6) is 0. The third-order valence-electron chi connectivity index (χ3n) is 6.33. The van der Waals surface area contributed by atoms with Crippen LogP contribution in [0.2, 0.25) is 0 Å². The molecule has 0 aliphatic carbocycles. The molecule has 33 heavy (non-hydrogen) atoms. The lowest BCUT2D eigenvalue weighted by Gasteiger charge is -2.13. The number of thiophene rings is 1. The van der Waals surface area contributed by atoms with Gasteiger partial charge in [0.1, 0.15) is 4.83 Å². The molecule has 7 aromatic rings. The fraction of sp³-hybridized carbons (Fsp3) is 0. The van der Waals surface area contributed by atoms with Crippen LogP contribution in [0, 0.1) is 0 Å². The number of hydrogen-bond acceptors (Lipinski definition) is 3. The first-order chi connectivity index (χ1) is 16.4. The third-order valence-corrected chi connectivity index (χ3v) is 7.50. The van der Waals surface area contributed by atoms with Crippen LogP contribution in [0.5, 0.6) is 0 Å². The van der Waals surface area contributed by atoms with E-state index in [4.69, 9.17) is 4.98 Å². The standard InChI is InChI=1S/C30H18N2S/c1-2-8-19(9-3-1)25-18-27(32-26-16-15-20-10-4-5-11-21(20)28(25)26)24-13-6-12-22-23-14-7-17-31-30(23)33-29(22)24/h1-18H. The number of fused-ring (bicyclic) bond motifs is 6. The van der Waals surface area contributed by atoms with Gasteiger partial charge in [-0.2, -0.15) is 0 Å². The predicted octanol–water partition coefficient (Wildman–Crippen LogP) is 8.48. The Morgan fingerprint density at radius 3 is 2.36 bits per heavy atom. The van der Waals surface area contributed by atoms with Gasteiger partial charge >= 0.3 is 0 Å². The van der Waals surface area contributed by atoms with E-state index in [2.05, 4.69) is 102 Å². The Kier molecular flexibility index (Phi) is 4.05. The number of hydrogen-bond donors (Lipinski definition) is 0. The highest BCUT2D eigenvalue weighted by Crippen LogP contribution is 2.41. The molecular weight excluding hydrogens is 420 g/mol. The Morgan fingerprint density at radius 2 is 1.42 bits per heavy atom. The summed E-state index contributed by atoms with van der Waals surface area (Å²) in [5, 5.41) is 6.11. The van der Waals surface area contributed by atoms with Crippen molar-refractivity contribution < 1.29 is 0 Å². The van der Waals surface area contributed by atoms with Crippen molar-refractivity contribution in [1.82, 2.24) is 9.97 Å². The van der Waals surface area contributed by atoms with Crippen molar-refractivity contribution in [3.8, 4) is 22.4 Å². The van der Waals surface area contributed by atoms with Gasteiger partial charge in [-0.05, 0) is 46.2 Å². The van der Waals surface area contributed by atoms with E-state index in [0.717, 1.165) is 21.6 Å². The minimum Gasteiger partial charge on any atom is -0.248 e. The van der Waals surface area contributed by atoms with Gasteiger partial charge in [0.05, 0.1) is 11.2 Å². The van der Waals surface area contributed by atoms with Gasteiger partial charge in [0, 0.05) is 32.6 Å². The number of rotatable bonds is 2. The monoisotopic (exact) mass is 438 g/mol. The summed E-state index contributed by atoms with van der Waals surface area (Å²) in [6.07, 6.45) is 1.87. The molecule has 7 rings (SSSR count). The lowest BCUT2D eigenvalue weighted by Crippen LogP contribution is -1.91. The minimum atomic E-state index is 0.994. The summed E-state index contributed by atoms with van der Waals surface area (Å²) in [7, 11) is 0. The maximum atomic E-state index is 5.19. The number of nitrogens with zero attached hydrogens (tertiary/aromatic N) is 2. The number of benzene rings is 4. The summed E-state index contributed by atoms with van der Waals surface area (Å²) in [6.45, 7) is 0. The van der Waals surface area contributed by atoms with E-state index in [9.17, 15) is 0 Å². The van der Waals surface area contributed by atoms with Crippen molar-refractivity contribution in [2.45, 2.75) is 0 Å². The molecule has 0 atom stereocenters. The zero-order valence-electron chi connectivity index (χ0n) is 17.7. The molecule has 3 heteroatoms. The highest BCUT2D eigenvalue weighted by molar-refractivity contribution is 7.26. The zero-order chi connectivity index (χ0) is 21.8. The molecule has 4 aromatic carbocycles. The molecule has 0 amide bonds. The van der Waals surface area contributed by atoms with E-state index < -0.39 is 0 Å². The van der Waals surface area contributed by atoms with Gasteiger partial charge in [0.25, 0.3) is 0 Å². The lowest BCUT2D eigenvalue weighted by atomic mass is 9.94. The highest BCUT2D eigenvalue weighted by Gasteiger charge is 2.16. The zero-order valence-corrected chi connectivity index (χ0v) is 18.5. The maximum absolute atomic E-state index is 5.19. The average molecular weight is 439 g/mol. The van der Waals surface area contributed by atoms with Gasteiger partial charge < -0.3 is 0 Å². The van der Waals surface area contributed by atoms with Crippen molar-refractivity contribution >= 4 is 53.3 Å². The average Bonchev–Trinajstić information content (AvgIpc) is 3.27. The molecule has 0 aliphatic rings. The Bertz CT molecular complexity index is 1820. The number of pyridine rings is 2. The fourth-order valence-electron chi connectivity index (χ4n) is 4.83. The molecule has 3 heterocycles. The molecule has 0 bridgehead atoms. The van der Waals surface area contributed by atoms with Crippen LogP contribution in [0.25, 0.3) is 64.4 Å². The predicted molar refractivity (Wildman–Crippen MR) is 141 cm³/mol. The molecule has 0 unspecified atom stereocenters. The Morgan fingerprint density at radius 1 is 0.606 bits per heavy atom. The van der Waals surface area contributed by atoms with Crippen molar-refractivity contribution in [1.29, 1.82) is 0 Å². The largest absolute Gasteiger partial charge is 0.248 e. The maximum Gasteiger partial charge on any atom is 0.124 e. The molecular formula is C30H18N2S. The Labute approximate surface area is 194 Å². The van der Waals surface area contributed by atoms with Crippen LogP contribution >= 0.6 is 11.3 Å². The van der Waals surface area contributed by atoms with E-state index >= 15 is 0 Å². The third kappa shape index (κ3) is 2.86. The summed E-state index contributed by atoms with van der Waals surface area (Å²) in [6, 6.07) is 36.5. The molecule has 0 radical (unpaired) electrons. The van der Waals surface area contributed by atoms with E-state index in [0.29, 0.717) is 0 Å². The topological polar surface area (TPSA) is 25.8 Å². The summed E-state index contributed by atoms with van der Waals surface area (Å²) >= 11 is 1.74.